The molecule has 0 unspecified atom stereocenters. The number of nitrogens with one attached hydrogen (secondary N) is 1. The van der Waals surface area contributed by atoms with Crippen molar-refractivity contribution in [1.29, 1.82) is 0 Å². The minimum Gasteiger partial charge on any atom is -0.477 e. The Bertz CT molecular complexity index is 400. The lowest BCUT2D eigenvalue weighted by Gasteiger charge is -2.22. The van der Waals surface area contributed by atoms with Crippen molar-refractivity contribution in [2.45, 2.75) is 76.8 Å². The second-order valence-electron chi connectivity index (χ2n) is 6.50. The summed E-state index contributed by atoms with van der Waals surface area (Å²) in [6, 6.07) is 2.90. The van der Waals surface area contributed by atoms with Crippen LogP contribution in [-0.2, 0) is 13.0 Å². The van der Waals surface area contributed by atoms with Crippen molar-refractivity contribution in [3.8, 4) is 5.88 Å². The van der Waals surface area contributed by atoms with Gasteiger partial charge in [-0.15, -0.1) is 5.10 Å². The summed E-state index contributed by atoms with van der Waals surface area (Å²) in [4.78, 5) is 0. The van der Waals surface area contributed by atoms with Crippen LogP contribution in [0.2, 0.25) is 0 Å². The highest BCUT2D eigenvalue weighted by atomic mass is 16.5. The van der Waals surface area contributed by atoms with Crippen LogP contribution in [-0.4, -0.2) is 29.0 Å². The summed E-state index contributed by atoms with van der Waals surface area (Å²) in [7, 11) is 0. The van der Waals surface area contributed by atoms with Gasteiger partial charge in [-0.25, -0.2) is 0 Å². The summed E-state index contributed by atoms with van der Waals surface area (Å²) in [5.41, 5.74) is 1.34. The van der Waals surface area contributed by atoms with Gasteiger partial charge in [-0.1, -0.05) is 19.3 Å². The first-order valence-corrected chi connectivity index (χ1v) is 8.85. The third-order valence-corrected chi connectivity index (χ3v) is 4.75. The average Bonchev–Trinajstić information content (AvgIpc) is 2.94. The lowest BCUT2D eigenvalue weighted by Crippen LogP contribution is -2.31. The van der Waals surface area contributed by atoms with E-state index in [2.05, 4.69) is 21.2 Å². The van der Waals surface area contributed by atoms with E-state index >= 15 is 0 Å². The molecule has 1 N–H and O–H groups in total. The summed E-state index contributed by atoms with van der Waals surface area (Å²) in [5, 5.41) is 8.21. The van der Waals surface area contributed by atoms with Crippen LogP contribution in [0.15, 0.2) is 6.07 Å². The molecule has 1 saturated carbocycles. The molecule has 0 spiro atoms. The van der Waals surface area contributed by atoms with Crippen LogP contribution in [0.3, 0.4) is 0 Å². The van der Waals surface area contributed by atoms with Crippen molar-refractivity contribution in [3.05, 3.63) is 11.8 Å². The standard InChI is InChI=1S/C17H29N3O/c1-2-8-15(9-3-1)18-11-5-7-13-21-17-14-16-10-4-6-12-20(16)19-17/h14-15,18H,1-13H2. The molecule has 3 rings (SSSR count). The lowest BCUT2D eigenvalue weighted by molar-refractivity contribution is 0.286. The van der Waals surface area contributed by atoms with E-state index in [-0.39, 0.29) is 0 Å². The van der Waals surface area contributed by atoms with Gasteiger partial charge in [0, 0.05) is 24.3 Å². The van der Waals surface area contributed by atoms with E-state index in [1.165, 1.54) is 57.1 Å². The molecule has 0 saturated heterocycles. The molecule has 4 nitrogen and oxygen atoms in total. The maximum absolute atomic E-state index is 5.79. The van der Waals surface area contributed by atoms with Gasteiger partial charge >= 0.3 is 0 Å². The molecule has 0 amide bonds. The van der Waals surface area contributed by atoms with E-state index in [9.17, 15) is 0 Å². The van der Waals surface area contributed by atoms with Crippen molar-refractivity contribution < 1.29 is 4.74 Å². The Morgan fingerprint density at radius 1 is 1.14 bits per heavy atom. The molecule has 4 heteroatoms. The maximum Gasteiger partial charge on any atom is 0.232 e. The van der Waals surface area contributed by atoms with Crippen molar-refractivity contribution in [3.63, 3.8) is 0 Å². The first kappa shape index (κ1) is 14.9. The van der Waals surface area contributed by atoms with Gasteiger partial charge in [0.1, 0.15) is 0 Å². The van der Waals surface area contributed by atoms with Crippen molar-refractivity contribution in [1.82, 2.24) is 15.1 Å². The van der Waals surface area contributed by atoms with Gasteiger partial charge in [0.25, 0.3) is 0 Å². The Kier molecular flexibility index (Phi) is 5.55. The van der Waals surface area contributed by atoms with Crippen molar-refractivity contribution >= 4 is 0 Å². The fourth-order valence-electron chi connectivity index (χ4n) is 3.48. The topological polar surface area (TPSA) is 39.1 Å². The van der Waals surface area contributed by atoms with Crippen LogP contribution < -0.4 is 10.1 Å². The Labute approximate surface area is 128 Å². The molecule has 0 bridgehead atoms. The highest BCUT2D eigenvalue weighted by molar-refractivity contribution is 5.16. The fourth-order valence-corrected chi connectivity index (χ4v) is 3.48. The number of aryl methyl sites for hydroxylation is 2. The zero-order chi connectivity index (χ0) is 14.3. The van der Waals surface area contributed by atoms with Gasteiger partial charge in [0.05, 0.1) is 6.61 Å². The van der Waals surface area contributed by atoms with Crippen LogP contribution in [0.1, 0.15) is 63.5 Å². The summed E-state index contributed by atoms with van der Waals surface area (Å²) in [6.07, 6.45) is 13.0. The van der Waals surface area contributed by atoms with Gasteiger partial charge in [0.2, 0.25) is 5.88 Å². The number of unbranched alkanes of at least 4 members (excludes halogenated alkanes) is 1. The van der Waals surface area contributed by atoms with E-state index in [1.54, 1.807) is 0 Å². The van der Waals surface area contributed by atoms with Crippen molar-refractivity contribution in [2.75, 3.05) is 13.2 Å². The normalized spacial score (nSPS) is 19.4. The van der Waals surface area contributed by atoms with E-state index in [0.717, 1.165) is 44.5 Å². The quantitative estimate of drug-likeness (QED) is 0.783. The van der Waals surface area contributed by atoms with Gasteiger partial charge in [-0.05, 0) is 51.5 Å². The van der Waals surface area contributed by atoms with Gasteiger partial charge in [-0.2, -0.15) is 0 Å². The van der Waals surface area contributed by atoms with Crippen LogP contribution in [0, 0.1) is 0 Å². The maximum atomic E-state index is 5.79. The van der Waals surface area contributed by atoms with E-state index < -0.39 is 0 Å². The number of nitrogens with zero attached hydrogens (tertiary/aromatic N) is 2. The van der Waals surface area contributed by atoms with Crippen LogP contribution in [0.25, 0.3) is 0 Å². The zero-order valence-electron chi connectivity index (χ0n) is 13.1. The molecule has 0 atom stereocenters. The first-order valence-electron chi connectivity index (χ1n) is 8.85. The number of ether oxygens (including phenoxy) is 1. The molecule has 21 heavy (non-hydrogen) atoms. The Hall–Kier alpha value is -1.03. The molecule has 118 valence electrons. The number of rotatable bonds is 7. The Morgan fingerprint density at radius 2 is 2.05 bits per heavy atom. The molecule has 1 aliphatic carbocycles. The second-order valence-corrected chi connectivity index (χ2v) is 6.50. The molecule has 1 aliphatic heterocycles. The first-order chi connectivity index (χ1) is 10.4. The Balaban J connectivity index is 1.27. The summed E-state index contributed by atoms with van der Waals surface area (Å²) >= 11 is 0. The van der Waals surface area contributed by atoms with Gasteiger partial charge in [-0.3, -0.25) is 4.68 Å². The number of hydrogen-bond acceptors (Lipinski definition) is 3. The molecule has 0 aromatic carbocycles. The third kappa shape index (κ3) is 4.47. The highest BCUT2D eigenvalue weighted by Crippen LogP contribution is 2.19. The largest absolute Gasteiger partial charge is 0.477 e. The summed E-state index contributed by atoms with van der Waals surface area (Å²) in [6.45, 7) is 2.99. The molecule has 1 aromatic heterocycles. The lowest BCUT2D eigenvalue weighted by atomic mass is 9.95. The van der Waals surface area contributed by atoms with Crippen LogP contribution in [0.4, 0.5) is 0 Å². The predicted molar refractivity (Wildman–Crippen MR) is 84.8 cm³/mol. The zero-order valence-corrected chi connectivity index (χ0v) is 13.1. The van der Waals surface area contributed by atoms with E-state index in [4.69, 9.17) is 4.74 Å². The molecule has 2 heterocycles. The second kappa shape index (κ2) is 7.83. The smallest absolute Gasteiger partial charge is 0.232 e. The number of hydrogen-bond donors (Lipinski definition) is 1. The molecule has 1 fully saturated rings. The monoisotopic (exact) mass is 291 g/mol. The highest BCUT2D eigenvalue weighted by Gasteiger charge is 2.13. The van der Waals surface area contributed by atoms with E-state index in [1.807, 2.05) is 0 Å². The van der Waals surface area contributed by atoms with Gasteiger partial charge in [0.15, 0.2) is 0 Å². The Morgan fingerprint density at radius 3 is 2.90 bits per heavy atom. The fraction of sp³-hybridized carbons (Fsp3) is 0.824. The minimum absolute atomic E-state index is 0.777. The van der Waals surface area contributed by atoms with Gasteiger partial charge < -0.3 is 10.1 Å². The molecule has 2 aliphatic rings. The molecular weight excluding hydrogens is 262 g/mol. The van der Waals surface area contributed by atoms with Crippen LogP contribution >= 0.6 is 0 Å². The third-order valence-electron chi connectivity index (χ3n) is 4.75. The van der Waals surface area contributed by atoms with Crippen molar-refractivity contribution in [2.24, 2.45) is 0 Å². The van der Waals surface area contributed by atoms with E-state index in [0.29, 0.717) is 0 Å². The molecule has 1 aromatic rings. The number of fused-ring (bicyclic) bond motifs is 1. The average molecular weight is 291 g/mol. The van der Waals surface area contributed by atoms with Crippen LogP contribution in [0.5, 0.6) is 5.88 Å². The SMILES string of the molecule is c1c(OCCCCNC2CCCCC2)nn2c1CCCC2. The number of aromatic nitrogens is 2. The summed E-state index contributed by atoms with van der Waals surface area (Å²) in [5.74, 6) is 0.826. The molecular formula is C17H29N3O. The predicted octanol–water partition coefficient (Wildman–Crippen LogP) is 3.30. The summed E-state index contributed by atoms with van der Waals surface area (Å²) < 4.78 is 7.91. The molecule has 0 radical (unpaired) electrons. The minimum atomic E-state index is 0.777.